The molecule has 0 aromatic heterocycles. The molecule has 0 radical (unpaired) electrons. The zero-order chi connectivity index (χ0) is 15.6. The lowest BCUT2D eigenvalue weighted by molar-refractivity contribution is 0.112. The summed E-state index contributed by atoms with van der Waals surface area (Å²) in [4.78, 5) is 13.6. The van der Waals surface area contributed by atoms with Crippen molar-refractivity contribution in [3.05, 3.63) is 83.9 Å². The summed E-state index contributed by atoms with van der Waals surface area (Å²) >= 11 is 0. The van der Waals surface area contributed by atoms with Gasteiger partial charge in [-0.1, -0.05) is 54.6 Å². The van der Waals surface area contributed by atoms with Gasteiger partial charge in [-0.2, -0.15) is 0 Å². The Balaban J connectivity index is 1.68. The summed E-state index contributed by atoms with van der Waals surface area (Å²) in [5, 5.41) is 0. The predicted molar refractivity (Wildman–Crippen MR) is 94.4 cm³/mol. The first-order chi connectivity index (χ1) is 11.4. The summed E-state index contributed by atoms with van der Waals surface area (Å²) in [6.07, 6.45) is 2.01. The molecule has 0 saturated carbocycles. The summed E-state index contributed by atoms with van der Waals surface area (Å²) in [5.41, 5.74) is 6.69. The van der Waals surface area contributed by atoms with Gasteiger partial charge >= 0.3 is 0 Å². The van der Waals surface area contributed by atoms with Gasteiger partial charge in [0.25, 0.3) is 0 Å². The maximum atomic E-state index is 11.2. The van der Waals surface area contributed by atoms with E-state index in [0.717, 1.165) is 35.9 Å². The lowest BCUT2D eigenvalue weighted by Crippen LogP contribution is -2.12. The molecule has 0 amide bonds. The zero-order valence-electron chi connectivity index (χ0n) is 12.8. The third-order valence-electron chi connectivity index (χ3n) is 4.46. The lowest BCUT2D eigenvalue weighted by atomic mass is 10.00. The van der Waals surface area contributed by atoms with Crippen LogP contribution in [0.15, 0.2) is 72.8 Å². The molecule has 1 heterocycles. The van der Waals surface area contributed by atoms with Crippen molar-refractivity contribution in [1.82, 2.24) is 0 Å². The average molecular weight is 299 g/mol. The molecule has 0 bridgehead atoms. The van der Waals surface area contributed by atoms with Gasteiger partial charge < -0.3 is 4.90 Å². The predicted octanol–water partition coefficient (Wildman–Crippen LogP) is 4.86. The Morgan fingerprint density at radius 3 is 2.39 bits per heavy atom. The van der Waals surface area contributed by atoms with E-state index in [4.69, 9.17) is 0 Å². The SMILES string of the molecule is O=Cc1ccccc1-c1ccc(N2CCc3ccccc32)cc1. The molecular formula is C21H17NO. The van der Waals surface area contributed by atoms with Gasteiger partial charge in [0.1, 0.15) is 0 Å². The number of carbonyl (C=O) groups excluding carboxylic acids is 1. The van der Waals surface area contributed by atoms with E-state index in [2.05, 4.69) is 53.4 Å². The van der Waals surface area contributed by atoms with Crippen LogP contribution >= 0.6 is 0 Å². The van der Waals surface area contributed by atoms with Crippen molar-refractivity contribution in [2.45, 2.75) is 6.42 Å². The highest BCUT2D eigenvalue weighted by Gasteiger charge is 2.19. The minimum atomic E-state index is 0.728. The van der Waals surface area contributed by atoms with Crippen LogP contribution in [0.1, 0.15) is 15.9 Å². The van der Waals surface area contributed by atoms with E-state index in [-0.39, 0.29) is 0 Å². The second kappa shape index (κ2) is 5.73. The van der Waals surface area contributed by atoms with Crippen LogP contribution in [0.3, 0.4) is 0 Å². The molecule has 23 heavy (non-hydrogen) atoms. The number of benzene rings is 3. The molecule has 3 aromatic carbocycles. The van der Waals surface area contributed by atoms with Gasteiger partial charge in [-0.3, -0.25) is 4.79 Å². The summed E-state index contributed by atoms with van der Waals surface area (Å²) in [7, 11) is 0. The molecule has 0 N–H and O–H groups in total. The number of aldehydes is 1. The highest BCUT2D eigenvalue weighted by Crippen LogP contribution is 2.35. The summed E-state index contributed by atoms with van der Waals surface area (Å²) in [5.74, 6) is 0. The van der Waals surface area contributed by atoms with Gasteiger partial charge in [0, 0.05) is 23.5 Å². The van der Waals surface area contributed by atoms with E-state index >= 15 is 0 Å². The molecule has 0 fully saturated rings. The maximum absolute atomic E-state index is 11.2. The molecule has 1 aliphatic rings. The number of para-hydroxylation sites is 1. The van der Waals surface area contributed by atoms with Gasteiger partial charge in [0.15, 0.2) is 6.29 Å². The fourth-order valence-electron chi connectivity index (χ4n) is 3.29. The fourth-order valence-corrected chi connectivity index (χ4v) is 3.29. The van der Waals surface area contributed by atoms with E-state index in [0.29, 0.717) is 0 Å². The first-order valence-electron chi connectivity index (χ1n) is 7.87. The Morgan fingerprint density at radius 1 is 0.826 bits per heavy atom. The second-order valence-corrected chi connectivity index (χ2v) is 5.78. The average Bonchev–Trinajstić information content (AvgIpc) is 3.06. The van der Waals surface area contributed by atoms with Crippen molar-refractivity contribution >= 4 is 17.7 Å². The van der Waals surface area contributed by atoms with Crippen LogP contribution < -0.4 is 4.90 Å². The normalized spacial score (nSPS) is 13.0. The summed E-state index contributed by atoms with van der Waals surface area (Å²) < 4.78 is 0. The van der Waals surface area contributed by atoms with E-state index in [1.54, 1.807) is 0 Å². The van der Waals surface area contributed by atoms with Gasteiger partial charge in [0.2, 0.25) is 0 Å². The largest absolute Gasteiger partial charge is 0.341 e. The highest BCUT2D eigenvalue weighted by atomic mass is 16.1. The van der Waals surface area contributed by atoms with E-state index in [1.807, 2.05) is 24.3 Å². The molecule has 4 rings (SSSR count). The Kier molecular flexibility index (Phi) is 3.43. The summed E-state index contributed by atoms with van der Waals surface area (Å²) in [6, 6.07) is 24.7. The maximum Gasteiger partial charge on any atom is 0.150 e. The van der Waals surface area contributed by atoms with Crippen LogP contribution in [0.5, 0.6) is 0 Å². The van der Waals surface area contributed by atoms with Crippen molar-refractivity contribution in [2.24, 2.45) is 0 Å². The molecule has 112 valence electrons. The van der Waals surface area contributed by atoms with Crippen molar-refractivity contribution in [3.63, 3.8) is 0 Å². The third-order valence-corrected chi connectivity index (χ3v) is 4.46. The molecule has 0 unspecified atom stereocenters. The van der Waals surface area contributed by atoms with E-state index < -0.39 is 0 Å². The molecule has 0 spiro atoms. The fraction of sp³-hybridized carbons (Fsp3) is 0.0952. The molecular weight excluding hydrogens is 282 g/mol. The number of nitrogens with zero attached hydrogens (tertiary/aromatic N) is 1. The molecule has 0 aliphatic carbocycles. The number of hydrogen-bond donors (Lipinski definition) is 0. The lowest BCUT2D eigenvalue weighted by Gasteiger charge is -2.20. The van der Waals surface area contributed by atoms with Crippen LogP contribution in [-0.2, 0) is 6.42 Å². The van der Waals surface area contributed by atoms with Crippen LogP contribution in [0, 0.1) is 0 Å². The standard InChI is InChI=1S/C21H17NO/c23-15-18-6-1-3-7-20(18)16-9-11-19(12-10-16)22-14-13-17-5-2-4-8-21(17)22/h1-12,15H,13-14H2. The minimum Gasteiger partial charge on any atom is -0.341 e. The van der Waals surface area contributed by atoms with E-state index in [1.165, 1.54) is 16.9 Å². The molecule has 2 heteroatoms. The monoisotopic (exact) mass is 299 g/mol. The Labute approximate surface area is 136 Å². The van der Waals surface area contributed by atoms with Gasteiger partial charge in [-0.05, 0) is 41.3 Å². The Bertz CT molecular complexity index is 852. The number of carbonyl (C=O) groups is 1. The van der Waals surface area contributed by atoms with Crippen molar-refractivity contribution < 1.29 is 4.79 Å². The van der Waals surface area contributed by atoms with Crippen molar-refractivity contribution in [2.75, 3.05) is 11.4 Å². The third kappa shape index (κ3) is 2.42. The minimum absolute atomic E-state index is 0.728. The molecule has 2 nitrogen and oxygen atoms in total. The number of anilines is 2. The number of hydrogen-bond acceptors (Lipinski definition) is 2. The first-order valence-corrected chi connectivity index (χ1v) is 7.87. The molecule has 0 saturated heterocycles. The molecule has 0 atom stereocenters. The van der Waals surface area contributed by atoms with Crippen LogP contribution in [-0.4, -0.2) is 12.8 Å². The highest BCUT2D eigenvalue weighted by molar-refractivity contribution is 5.88. The smallest absolute Gasteiger partial charge is 0.150 e. The van der Waals surface area contributed by atoms with Gasteiger partial charge in [-0.25, -0.2) is 0 Å². The quantitative estimate of drug-likeness (QED) is 0.644. The molecule has 1 aliphatic heterocycles. The summed E-state index contributed by atoms with van der Waals surface area (Å²) in [6.45, 7) is 1.02. The number of rotatable bonds is 3. The van der Waals surface area contributed by atoms with E-state index in [9.17, 15) is 4.79 Å². The van der Waals surface area contributed by atoms with Crippen LogP contribution in [0.2, 0.25) is 0 Å². The second-order valence-electron chi connectivity index (χ2n) is 5.78. The van der Waals surface area contributed by atoms with Crippen LogP contribution in [0.25, 0.3) is 11.1 Å². The van der Waals surface area contributed by atoms with Crippen molar-refractivity contribution in [1.29, 1.82) is 0 Å². The Morgan fingerprint density at radius 2 is 1.57 bits per heavy atom. The van der Waals surface area contributed by atoms with Gasteiger partial charge in [-0.15, -0.1) is 0 Å². The topological polar surface area (TPSA) is 20.3 Å². The Hall–Kier alpha value is -2.87. The van der Waals surface area contributed by atoms with Gasteiger partial charge in [0.05, 0.1) is 0 Å². The zero-order valence-corrected chi connectivity index (χ0v) is 12.8. The van der Waals surface area contributed by atoms with Crippen LogP contribution in [0.4, 0.5) is 11.4 Å². The first kappa shape index (κ1) is 13.8. The molecule has 3 aromatic rings. The van der Waals surface area contributed by atoms with Crippen molar-refractivity contribution in [3.8, 4) is 11.1 Å². The number of fused-ring (bicyclic) bond motifs is 1.